The van der Waals surface area contributed by atoms with Crippen LogP contribution >= 0.6 is 0 Å². The van der Waals surface area contributed by atoms with Gasteiger partial charge in [0.15, 0.2) is 0 Å². The lowest BCUT2D eigenvalue weighted by Crippen LogP contribution is -2.57. The van der Waals surface area contributed by atoms with Crippen molar-refractivity contribution in [3.63, 3.8) is 0 Å². The molecule has 4 heterocycles. The maximum absolute atomic E-state index is 3.89. The molecule has 0 bridgehead atoms. The van der Waals surface area contributed by atoms with Gasteiger partial charge in [-0.15, -0.1) is 0 Å². The highest BCUT2D eigenvalue weighted by molar-refractivity contribution is 5.16. The highest BCUT2D eigenvalue weighted by Crippen LogP contribution is 2.61. The van der Waals surface area contributed by atoms with Gasteiger partial charge in [-0.2, -0.15) is 0 Å². The average molecular weight is 607 g/mol. The summed E-state index contributed by atoms with van der Waals surface area (Å²) in [6.45, 7) is 4.87. The van der Waals surface area contributed by atoms with Crippen molar-refractivity contribution in [2.45, 2.75) is 177 Å². The van der Waals surface area contributed by atoms with Gasteiger partial charge in [0.2, 0.25) is 0 Å². The Morgan fingerprint density at radius 2 is 0.795 bits per heavy atom. The average Bonchev–Trinajstić information content (AvgIpc) is 3.62. The molecule has 5 aliphatic carbocycles. The molecular formula is C38H66N6. The third-order valence-electron chi connectivity index (χ3n) is 15.5. The molecule has 0 aromatic carbocycles. The molecule has 6 nitrogen and oxygen atoms in total. The molecule has 9 aliphatic rings. The second kappa shape index (κ2) is 13.0. The van der Waals surface area contributed by atoms with Crippen LogP contribution in [0.4, 0.5) is 0 Å². The summed E-state index contributed by atoms with van der Waals surface area (Å²) in [5, 5.41) is 15.6. The Morgan fingerprint density at radius 3 is 1.25 bits per heavy atom. The number of fused-ring (bicyclic) bond motifs is 7. The van der Waals surface area contributed by atoms with Crippen molar-refractivity contribution < 1.29 is 0 Å². The van der Waals surface area contributed by atoms with Gasteiger partial charge < -0.3 is 21.3 Å². The Bertz CT molecular complexity index is 887. The second-order valence-corrected chi connectivity index (χ2v) is 17.4. The summed E-state index contributed by atoms with van der Waals surface area (Å²) in [7, 11) is 0. The fourth-order valence-corrected chi connectivity index (χ4v) is 14.1. The Hall–Kier alpha value is -0.240. The molecule has 0 radical (unpaired) electrons. The van der Waals surface area contributed by atoms with Gasteiger partial charge in [-0.1, -0.05) is 38.5 Å². The summed E-state index contributed by atoms with van der Waals surface area (Å²) in [5.74, 6) is 5.69. The number of rotatable bonds is 4. The largest absolute Gasteiger partial charge is 0.302 e. The lowest BCUT2D eigenvalue weighted by Gasteiger charge is -2.49. The molecule has 4 aliphatic heterocycles. The minimum Gasteiger partial charge on any atom is -0.302 e. The Labute approximate surface area is 269 Å². The van der Waals surface area contributed by atoms with E-state index in [1.807, 2.05) is 0 Å². The predicted octanol–water partition coefficient (Wildman–Crippen LogP) is 5.43. The van der Waals surface area contributed by atoms with Crippen LogP contribution < -0.4 is 21.3 Å². The molecule has 0 aromatic heterocycles. The molecule has 0 spiro atoms. The quantitative estimate of drug-likeness (QED) is 0.342. The molecule has 4 N–H and O–H groups in total. The van der Waals surface area contributed by atoms with E-state index >= 15 is 0 Å². The second-order valence-electron chi connectivity index (χ2n) is 17.4. The maximum Gasteiger partial charge on any atom is 0.0601 e. The summed E-state index contributed by atoms with van der Waals surface area (Å²) >= 11 is 0. The third-order valence-corrected chi connectivity index (χ3v) is 15.5. The van der Waals surface area contributed by atoms with E-state index in [9.17, 15) is 0 Å². The van der Waals surface area contributed by atoms with Gasteiger partial charge in [0.05, 0.1) is 12.3 Å². The molecule has 44 heavy (non-hydrogen) atoms. The van der Waals surface area contributed by atoms with Gasteiger partial charge in [0.25, 0.3) is 0 Å². The first-order valence-corrected chi connectivity index (χ1v) is 20.3. The molecular weight excluding hydrogens is 540 g/mol. The molecule has 4 saturated heterocycles. The molecule has 248 valence electrons. The normalized spacial score (nSPS) is 49.6. The molecule has 0 aromatic rings. The predicted molar refractivity (Wildman–Crippen MR) is 179 cm³/mol. The van der Waals surface area contributed by atoms with E-state index in [-0.39, 0.29) is 0 Å². The Morgan fingerprint density at radius 1 is 0.364 bits per heavy atom. The summed E-state index contributed by atoms with van der Waals surface area (Å²) in [5.41, 5.74) is 0. The van der Waals surface area contributed by atoms with E-state index in [4.69, 9.17) is 0 Å². The summed E-state index contributed by atoms with van der Waals surface area (Å²) in [4.78, 5) is 6.63. The van der Waals surface area contributed by atoms with Crippen molar-refractivity contribution in [1.82, 2.24) is 31.1 Å². The van der Waals surface area contributed by atoms with Crippen molar-refractivity contribution in [2.24, 2.45) is 35.5 Å². The molecule has 9 rings (SSSR count). The lowest BCUT2D eigenvalue weighted by atomic mass is 9.61. The Kier molecular flexibility index (Phi) is 8.82. The minimum atomic E-state index is 0.576. The van der Waals surface area contributed by atoms with Crippen LogP contribution in [-0.4, -0.2) is 84.6 Å². The minimum absolute atomic E-state index is 0.576. The molecule has 12 unspecified atom stereocenters. The number of nitrogens with zero attached hydrogens (tertiary/aromatic N) is 2. The first-order valence-electron chi connectivity index (χ1n) is 20.3. The summed E-state index contributed by atoms with van der Waals surface area (Å²) in [6, 6.07) is 5.32. The molecule has 6 heteroatoms. The van der Waals surface area contributed by atoms with Gasteiger partial charge in [0, 0.05) is 36.3 Å². The van der Waals surface area contributed by atoms with Crippen molar-refractivity contribution in [1.29, 1.82) is 0 Å². The first kappa shape index (κ1) is 29.9. The topological polar surface area (TPSA) is 54.6 Å². The van der Waals surface area contributed by atoms with Gasteiger partial charge >= 0.3 is 0 Å². The zero-order valence-corrected chi connectivity index (χ0v) is 27.9. The smallest absolute Gasteiger partial charge is 0.0601 e. The molecule has 0 amide bonds. The van der Waals surface area contributed by atoms with Crippen LogP contribution in [0.3, 0.4) is 0 Å². The zero-order chi connectivity index (χ0) is 29.0. The van der Waals surface area contributed by atoms with Crippen LogP contribution in [0.15, 0.2) is 0 Å². The lowest BCUT2D eigenvalue weighted by molar-refractivity contribution is 0.00592. The van der Waals surface area contributed by atoms with Crippen LogP contribution in [0.25, 0.3) is 0 Å². The number of hydrogen-bond acceptors (Lipinski definition) is 6. The summed E-state index contributed by atoms with van der Waals surface area (Å²) in [6.07, 6.45) is 30.6. The van der Waals surface area contributed by atoms with Crippen LogP contribution in [0, 0.1) is 35.5 Å². The van der Waals surface area contributed by atoms with E-state index in [1.54, 1.807) is 12.8 Å². The number of nitrogens with one attached hydrogen (secondary N) is 4. The van der Waals surface area contributed by atoms with E-state index in [0.29, 0.717) is 12.3 Å². The number of likely N-dealkylation sites (tertiary alicyclic amines) is 2. The summed E-state index contributed by atoms with van der Waals surface area (Å²) < 4.78 is 0. The fourth-order valence-electron chi connectivity index (χ4n) is 14.1. The van der Waals surface area contributed by atoms with Crippen molar-refractivity contribution in [3.8, 4) is 0 Å². The van der Waals surface area contributed by atoms with E-state index in [2.05, 4.69) is 31.1 Å². The van der Waals surface area contributed by atoms with E-state index in [0.717, 1.165) is 71.8 Å². The van der Waals surface area contributed by atoms with E-state index in [1.165, 1.54) is 142 Å². The van der Waals surface area contributed by atoms with Gasteiger partial charge in [0.1, 0.15) is 0 Å². The van der Waals surface area contributed by atoms with Crippen molar-refractivity contribution in [3.05, 3.63) is 0 Å². The van der Waals surface area contributed by atoms with Crippen LogP contribution in [0.1, 0.15) is 128 Å². The van der Waals surface area contributed by atoms with E-state index < -0.39 is 0 Å². The maximum atomic E-state index is 3.89. The highest BCUT2D eigenvalue weighted by atomic mass is 15.3. The van der Waals surface area contributed by atoms with Crippen LogP contribution in [0.5, 0.6) is 0 Å². The Balaban J connectivity index is 0.981. The molecule has 5 saturated carbocycles. The standard InChI is InChI=1S/C38H66N6/c1-3-15-31-29(13-1)35-33(43(31)27-11-5-9-25(23-27)37-39-19-7-20-40-37)17-18-34-36(35)30-14-2-4-16-32(30)44(34)28-12-6-10-26(24-28)38-41-21-8-22-42-38/h25-42H,1-24H2. The van der Waals surface area contributed by atoms with Gasteiger partial charge in [-0.3, -0.25) is 9.80 Å². The number of hydrogen-bond donors (Lipinski definition) is 4. The third kappa shape index (κ3) is 5.27. The fraction of sp³-hybridized carbons (Fsp3) is 1.00. The monoisotopic (exact) mass is 607 g/mol. The molecule has 12 atom stereocenters. The van der Waals surface area contributed by atoms with Crippen molar-refractivity contribution in [2.75, 3.05) is 26.2 Å². The SMILES string of the molecule is C1CNC(C2CCCC(N3C4CCCCC4C4C5C6CCCCC6N(C6CCCC(C7NCCCN7)C6)C5CCC43)C2)NC1. The van der Waals surface area contributed by atoms with Crippen molar-refractivity contribution >= 4 is 0 Å². The molecule has 9 fully saturated rings. The first-order chi connectivity index (χ1) is 21.8. The van der Waals surface area contributed by atoms with Gasteiger partial charge in [-0.25, -0.2) is 0 Å². The zero-order valence-electron chi connectivity index (χ0n) is 27.9. The highest BCUT2D eigenvalue weighted by Gasteiger charge is 2.63. The van der Waals surface area contributed by atoms with Gasteiger partial charge in [-0.05, 0) is 152 Å². The van der Waals surface area contributed by atoms with Crippen LogP contribution in [0.2, 0.25) is 0 Å². The van der Waals surface area contributed by atoms with Crippen LogP contribution in [-0.2, 0) is 0 Å².